The molecule has 0 spiro atoms. The van der Waals surface area contributed by atoms with Crippen molar-refractivity contribution in [3.8, 4) is 17.2 Å². The van der Waals surface area contributed by atoms with Gasteiger partial charge < -0.3 is 19.9 Å². The minimum atomic E-state index is -0.297. The van der Waals surface area contributed by atoms with Gasteiger partial charge in [0.1, 0.15) is 5.82 Å². The molecule has 0 bridgehead atoms. The lowest BCUT2D eigenvalue weighted by Gasteiger charge is -2.22. The van der Waals surface area contributed by atoms with Crippen LogP contribution in [-0.4, -0.2) is 25.2 Å². The number of phenols is 1. The van der Waals surface area contributed by atoms with Crippen LogP contribution >= 0.6 is 0 Å². The van der Waals surface area contributed by atoms with Crippen molar-refractivity contribution >= 4 is 5.91 Å². The predicted octanol–water partition coefficient (Wildman–Crippen LogP) is 5.31. The van der Waals surface area contributed by atoms with E-state index in [4.69, 9.17) is 9.47 Å². The number of phenolic OH excluding ortho intramolecular Hbond substituents is 1. The number of halogens is 1. The van der Waals surface area contributed by atoms with Crippen LogP contribution in [0.1, 0.15) is 47.4 Å². The average Bonchev–Trinajstić information content (AvgIpc) is 3.09. The van der Waals surface area contributed by atoms with Gasteiger partial charge >= 0.3 is 0 Å². The van der Waals surface area contributed by atoms with Gasteiger partial charge in [0, 0.05) is 13.0 Å². The third-order valence-corrected chi connectivity index (χ3v) is 6.85. The van der Waals surface area contributed by atoms with E-state index in [9.17, 15) is 14.3 Å². The molecule has 4 rings (SSSR count). The van der Waals surface area contributed by atoms with Crippen molar-refractivity contribution in [1.82, 2.24) is 5.32 Å². The molecule has 0 heterocycles. The summed E-state index contributed by atoms with van der Waals surface area (Å²) < 4.78 is 24.8. The molecule has 1 aliphatic rings. The number of methoxy groups -OCH3 is 2. The van der Waals surface area contributed by atoms with Crippen molar-refractivity contribution in [2.45, 2.75) is 38.1 Å². The van der Waals surface area contributed by atoms with Crippen molar-refractivity contribution in [2.24, 2.45) is 5.92 Å². The first-order valence-corrected chi connectivity index (χ1v) is 11.4. The second kappa shape index (κ2) is 10.2. The summed E-state index contributed by atoms with van der Waals surface area (Å²) in [5, 5.41) is 13.3. The van der Waals surface area contributed by atoms with E-state index in [1.165, 1.54) is 20.3 Å². The van der Waals surface area contributed by atoms with E-state index in [1.54, 1.807) is 18.2 Å². The number of nitrogens with one attached hydrogen (secondary N) is 1. The molecule has 0 fully saturated rings. The number of amides is 1. The average molecular weight is 464 g/mol. The van der Waals surface area contributed by atoms with Crippen molar-refractivity contribution in [1.29, 1.82) is 0 Å². The maximum atomic E-state index is 14.2. The Morgan fingerprint density at radius 2 is 1.62 bits per heavy atom. The highest BCUT2D eigenvalue weighted by atomic mass is 19.1. The molecule has 1 amide bonds. The molecule has 0 saturated heterocycles. The van der Waals surface area contributed by atoms with Crippen LogP contribution in [0.4, 0.5) is 4.39 Å². The summed E-state index contributed by atoms with van der Waals surface area (Å²) >= 11 is 0. The SMILES string of the molecule is COc1cc(CC2c3ccc(F)cc3C(CC(=O)NCc3ccccc3)C2C)cc(OC)c1O. The number of fused-ring (bicyclic) bond motifs is 1. The van der Waals surface area contributed by atoms with Gasteiger partial charge in [-0.25, -0.2) is 4.39 Å². The lowest BCUT2D eigenvalue weighted by Crippen LogP contribution is -2.26. The van der Waals surface area contributed by atoms with E-state index >= 15 is 0 Å². The van der Waals surface area contributed by atoms with Crippen LogP contribution in [0.2, 0.25) is 0 Å². The minimum Gasteiger partial charge on any atom is -0.502 e. The van der Waals surface area contributed by atoms with Gasteiger partial charge in [-0.1, -0.05) is 43.3 Å². The van der Waals surface area contributed by atoms with Crippen LogP contribution in [0.3, 0.4) is 0 Å². The summed E-state index contributed by atoms with van der Waals surface area (Å²) in [4.78, 5) is 12.8. The zero-order chi connectivity index (χ0) is 24.2. The van der Waals surface area contributed by atoms with Crippen LogP contribution in [0.15, 0.2) is 60.7 Å². The summed E-state index contributed by atoms with van der Waals surface area (Å²) in [6, 6.07) is 18.3. The summed E-state index contributed by atoms with van der Waals surface area (Å²) in [5.41, 5.74) is 3.92. The third-order valence-electron chi connectivity index (χ3n) is 6.85. The monoisotopic (exact) mass is 463 g/mol. The molecule has 5 nitrogen and oxygen atoms in total. The lowest BCUT2D eigenvalue weighted by molar-refractivity contribution is -0.121. The Balaban J connectivity index is 1.56. The highest BCUT2D eigenvalue weighted by molar-refractivity contribution is 5.77. The molecule has 3 aromatic rings. The number of carbonyl (C=O) groups is 1. The fourth-order valence-corrected chi connectivity index (χ4v) is 5.03. The minimum absolute atomic E-state index is 0.0383. The molecule has 2 N–H and O–H groups in total. The molecule has 0 aromatic heterocycles. The fourth-order valence-electron chi connectivity index (χ4n) is 5.03. The van der Waals surface area contributed by atoms with Crippen molar-refractivity contribution < 1.29 is 23.8 Å². The van der Waals surface area contributed by atoms with E-state index in [1.807, 2.05) is 36.4 Å². The number of carbonyl (C=O) groups excluding carboxylic acids is 1. The maximum absolute atomic E-state index is 14.2. The largest absolute Gasteiger partial charge is 0.502 e. The fraction of sp³-hybridized carbons (Fsp3) is 0.321. The van der Waals surface area contributed by atoms with E-state index in [0.29, 0.717) is 30.9 Å². The molecule has 0 radical (unpaired) electrons. The van der Waals surface area contributed by atoms with Gasteiger partial charge in [-0.15, -0.1) is 0 Å². The number of ether oxygens (including phenoxy) is 2. The van der Waals surface area contributed by atoms with E-state index in [2.05, 4.69) is 12.2 Å². The first-order chi connectivity index (χ1) is 16.4. The number of rotatable bonds is 8. The van der Waals surface area contributed by atoms with Gasteiger partial charge in [-0.3, -0.25) is 4.79 Å². The summed E-state index contributed by atoms with van der Waals surface area (Å²) in [6.45, 7) is 2.58. The van der Waals surface area contributed by atoms with Gasteiger partial charge in [-0.05, 0) is 70.7 Å². The van der Waals surface area contributed by atoms with Crippen molar-refractivity contribution in [3.05, 3.63) is 88.7 Å². The molecule has 6 heteroatoms. The van der Waals surface area contributed by atoms with Gasteiger partial charge in [0.05, 0.1) is 14.2 Å². The molecule has 34 heavy (non-hydrogen) atoms. The Hall–Kier alpha value is -3.54. The van der Waals surface area contributed by atoms with Gasteiger partial charge in [0.25, 0.3) is 0 Å². The molecule has 0 aliphatic heterocycles. The lowest BCUT2D eigenvalue weighted by atomic mass is 9.83. The maximum Gasteiger partial charge on any atom is 0.220 e. The second-order valence-electron chi connectivity index (χ2n) is 8.86. The van der Waals surface area contributed by atoms with Crippen molar-refractivity contribution in [3.63, 3.8) is 0 Å². The second-order valence-corrected chi connectivity index (χ2v) is 8.86. The van der Waals surface area contributed by atoms with Crippen LogP contribution in [0, 0.1) is 11.7 Å². The molecule has 178 valence electrons. The molecule has 3 aromatic carbocycles. The highest BCUT2D eigenvalue weighted by Crippen LogP contribution is 2.50. The topological polar surface area (TPSA) is 67.8 Å². The molecular formula is C28H30FNO4. The smallest absolute Gasteiger partial charge is 0.220 e. The summed E-state index contributed by atoms with van der Waals surface area (Å²) in [5.74, 6) is 0.411. The van der Waals surface area contributed by atoms with E-state index < -0.39 is 0 Å². The van der Waals surface area contributed by atoms with Gasteiger partial charge in [0.15, 0.2) is 11.5 Å². The molecular weight excluding hydrogens is 433 g/mol. The third kappa shape index (κ3) is 4.86. The summed E-state index contributed by atoms with van der Waals surface area (Å²) in [6.07, 6.45) is 0.943. The number of hydrogen-bond acceptors (Lipinski definition) is 4. The van der Waals surface area contributed by atoms with Crippen LogP contribution in [0.5, 0.6) is 17.2 Å². The normalized spacial score (nSPS) is 18.9. The standard InChI is InChI=1S/C28H30FNO4/c1-17-22(11-19-12-25(33-2)28(32)26(13-19)34-3)21-10-9-20(29)14-24(21)23(17)15-27(31)30-16-18-7-5-4-6-8-18/h4-10,12-14,17,22-23,32H,11,15-16H2,1-3H3,(H,30,31). The first-order valence-electron chi connectivity index (χ1n) is 11.4. The van der Waals surface area contributed by atoms with Crippen LogP contribution < -0.4 is 14.8 Å². The zero-order valence-corrected chi connectivity index (χ0v) is 19.7. The van der Waals surface area contributed by atoms with Crippen molar-refractivity contribution in [2.75, 3.05) is 14.2 Å². The Morgan fingerprint density at radius 3 is 2.26 bits per heavy atom. The Morgan fingerprint density at radius 1 is 0.941 bits per heavy atom. The molecule has 1 aliphatic carbocycles. The van der Waals surface area contributed by atoms with E-state index in [0.717, 1.165) is 22.3 Å². The van der Waals surface area contributed by atoms with Gasteiger partial charge in [-0.2, -0.15) is 0 Å². The molecule has 3 atom stereocenters. The Bertz CT molecular complexity index is 1140. The zero-order valence-electron chi connectivity index (χ0n) is 19.7. The Labute approximate surface area is 199 Å². The summed E-state index contributed by atoms with van der Waals surface area (Å²) in [7, 11) is 3.00. The van der Waals surface area contributed by atoms with E-state index in [-0.39, 0.29) is 35.2 Å². The predicted molar refractivity (Wildman–Crippen MR) is 129 cm³/mol. The number of hydrogen-bond donors (Lipinski definition) is 2. The Kier molecular flexibility index (Phi) is 7.06. The van der Waals surface area contributed by atoms with Gasteiger partial charge in [0.2, 0.25) is 11.7 Å². The molecule has 3 unspecified atom stereocenters. The number of benzene rings is 3. The van der Waals surface area contributed by atoms with Crippen LogP contribution in [-0.2, 0) is 17.8 Å². The van der Waals surface area contributed by atoms with Crippen LogP contribution in [0.25, 0.3) is 0 Å². The first kappa shape index (κ1) is 23.6. The quantitative estimate of drug-likeness (QED) is 0.475. The number of aromatic hydroxyl groups is 1. The highest BCUT2D eigenvalue weighted by Gasteiger charge is 2.39. The molecule has 0 saturated carbocycles.